The van der Waals surface area contributed by atoms with Crippen molar-refractivity contribution in [3.63, 3.8) is 0 Å². The van der Waals surface area contributed by atoms with Crippen LogP contribution in [-0.2, 0) is 11.3 Å². The Morgan fingerprint density at radius 2 is 2.00 bits per heavy atom. The van der Waals surface area contributed by atoms with E-state index in [1.807, 2.05) is 11.0 Å². The van der Waals surface area contributed by atoms with E-state index in [1.165, 1.54) is 6.07 Å². The quantitative estimate of drug-likeness (QED) is 0.854. The molecule has 1 atom stereocenters. The number of amides is 1. The standard InChI is InChI=1S/C17H23FN2O/c18-16-7-3-5-14(11-16)12-19-8-4-6-15(13-19)17(21)20-9-1-2-10-20/h3,5,7,11,15H,1-2,4,6,8-10,12-13H2/t15-/m0/s1. The van der Waals surface area contributed by atoms with Gasteiger partial charge in [0.2, 0.25) is 5.91 Å². The normalized spacial score (nSPS) is 23.5. The van der Waals surface area contributed by atoms with Gasteiger partial charge in [0.15, 0.2) is 0 Å². The van der Waals surface area contributed by atoms with E-state index >= 15 is 0 Å². The third kappa shape index (κ3) is 3.62. The number of benzene rings is 1. The van der Waals surface area contributed by atoms with Gasteiger partial charge < -0.3 is 4.90 Å². The molecule has 2 fully saturated rings. The van der Waals surface area contributed by atoms with Crippen molar-refractivity contribution in [2.24, 2.45) is 5.92 Å². The van der Waals surface area contributed by atoms with Gasteiger partial charge in [0.1, 0.15) is 5.82 Å². The number of nitrogens with zero attached hydrogens (tertiary/aromatic N) is 2. The first-order valence-corrected chi connectivity index (χ1v) is 7.98. The predicted octanol–water partition coefficient (Wildman–Crippen LogP) is 2.66. The van der Waals surface area contributed by atoms with Crippen LogP contribution in [0.5, 0.6) is 0 Å². The average Bonchev–Trinajstić information content (AvgIpc) is 3.01. The minimum Gasteiger partial charge on any atom is -0.342 e. The van der Waals surface area contributed by atoms with E-state index in [-0.39, 0.29) is 11.7 Å². The number of hydrogen-bond donors (Lipinski definition) is 0. The van der Waals surface area contributed by atoms with E-state index in [4.69, 9.17) is 0 Å². The van der Waals surface area contributed by atoms with Crippen molar-refractivity contribution in [2.75, 3.05) is 26.2 Å². The molecule has 0 saturated carbocycles. The molecule has 4 heteroatoms. The van der Waals surface area contributed by atoms with E-state index < -0.39 is 0 Å². The Balaban J connectivity index is 1.59. The van der Waals surface area contributed by atoms with Gasteiger partial charge in [-0.15, -0.1) is 0 Å². The highest BCUT2D eigenvalue weighted by atomic mass is 19.1. The van der Waals surface area contributed by atoms with Crippen LogP contribution < -0.4 is 0 Å². The van der Waals surface area contributed by atoms with Crippen molar-refractivity contribution in [1.29, 1.82) is 0 Å². The molecule has 1 amide bonds. The fraction of sp³-hybridized carbons (Fsp3) is 0.588. The Bertz CT molecular complexity index is 499. The third-order valence-corrected chi connectivity index (χ3v) is 4.57. The Kier molecular flexibility index (Phi) is 4.54. The van der Waals surface area contributed by atoms with Crippen LogP contribution >= 0.6 is 0 Å². The topological polar surface area (TPSA) is 23.6 Å². The number of likely N-dealkylation sites (tertiary alicyclic amines) is 2. The average molecular weight is 290 g/mol. The lowest BCUT2D eigenvalue weighted by atomic mass is 9.96. The van der Waals surface area contributed by atoms with Crippen molar-refractivity contribution in [2.45, 2.75) is 32.2 Å². The van der Waals surface area contributed by atoms with Crippen LogP contribution in [0, 0.1) is 11.7 Å². The molecule has 2 aliphatic heterocycles. The zero-order valence-electron chi connectivity index (χ0n) is 12.4. The summed E-state index contributed by atoms with van der Waals surface area (Å²) in [4.78, 5) is 16.8. The largest absolute Gasteiger partial charge is 0.342 e. The van der Waals surface area contributed by atoms with Gasteiger partial charge in [-0.2, -0.15) is 0 Å². The zero-order chi connectivity index (χ0) is 14.7. The first-order chi connectivity index (χ1) is 10.2. The molecule has 1 aromatic carbocycles. The van der Waals surface area contributed by atoms with Gasteiger partial charge in [-0.25, -0.2) is 4.39 Å². The number of rotatable bonds is 3. The molecule has 2 saturated heterocycles. The highest BCUT2D eigenvalue weighted by Crippen LogP contribution is 2.22. The molecule has 0 spiro atoms. The minimum absolute atomic E-state index is 0.130. The maximum Gasteiger partial charge on any atom is 0.226 e. The number of piperidine rings is 1. The maximum atomic E-state index is 13.3. The Morgan fingerprint density at radius 1 is 1.19 bits per heavy atom. The Morgan fingerprint density at radius 3 is 2.76 bits per heavy atom. The van der Waals surface area contributed by atoms with Crippen molar-refractivity contribution in [3.8, 4) is 0 Å². The summed E-state index contributed by atoms with van der Waals surface area (Å²) in [6.07, 6.45) is 4.34. The first-order valence-electron chi connectivity index (χ1n) is 7.98. The van der Waals surface area contributed by atoms with Crippen LogP contribution in [0.2, 0.25) is 0 Å². The molecule has 114 valence electrons. The monoisotopic (exact) mass is 290 g/mol. The summed E-state index contributed by atoms with van der Waals surface area (Å²) in [6.45, 7) is 4.41. The lowest BCUT2D eigenvalue weighted by Crippen LogP contribution is -2.43. The minimum atomic E-state index is -0.186. The van der Waals surface area contributed by atoms with Crippen LogP contribution in [0.1, 0.15) is 31.2 Å². The van der Waals surface area contributed by atoms with Gasteiger partial charge in [-0.1, -0.05) is 12.1 Å². The first kappa shape index (κ1) is 14.5. The van der Waals surface area contributed by atoms with Gasteiger partial charge in [0.05, 0.1) is 5.92 Å². The molecule has 2 heterocycles. The van der Waals surface area contributed by atoms with Gasteiger partial charge in [0.25, 0.3) is 0 Å². The highest BCUT2D eigenvalue weighted by Gasteiger charge is 2.30. The fourth-order valence-corrected chi connectivity index (χ4v) is 3.49. The summed E-state index contributed by atoms with van der Waals surface area (Å²) in [5.74, 6) is 0.274. The molecular weight excluding hydrogens is 267 g/mol. The second kappa shape index (κ2) is 6.56. The maximum absolute atomic E-state index is 13.3. The smallest absolute Gasteiger partial charge is 0.226 e. The molecular formula is C17H23FN2O. The predicted molar refractivity (Wildman–Crippen MR) is 80.2 cm³/mol. The molecule has 0 bridgehead atoms. The van der Waals surface area contributed by atoms with Crippen LogP contribution in [0.25, 0.3) is 0 Å². The van der Waals surface area contributed by atoms with E-state index in [0.717, 1.165) is 64.0 Å². The van der Waals surface area contributed by atoms with Gasteiger partial charge in [0, 0.05) is 26.2 Å². The van der Waals surface area contributed by atoms with Gasteiger partial charge in [-0.05, 0) is 49.9 Å². The number of carbonyl (C=O) groups is 1. The zero-order valence-corrected chi connectivity index (χ0v) is 12.4. The van der Waals surface area contributed by atoms with Gasteiger partial charge >= 0.3 is 0 Å². The van der Waals surface area contributed by atoms with Crippen LogP contribution in [-0.4, -0.2) is 41.9 Å². The molecule has 21 heavy (non-hydrogen) atoms. The molecule has 0 N–H and O–H groups in total. The molecule has 3 nitrogen and oxygen atoms in total. The van der Waals surface area contributed by atoms with E-state index in [0.29, 0.717) is 5.91 Å². The van der Waals surface area contributed by atoms with Crippen LogP contribution in [0.3, 0.4) is 0 Å². The number of halogens is 1. The summed E-state index contributed by atoms with van der Waals surface area (Å²) in [7, 11) is 0. The second-order valence-electron chi connectivity index (χ2n) is 6.24. The molecule has 1 aromatic rings. The van der Waals surface area contributed by atoms with Crippen molar-refractivity contribution in [3.05, 3.63) is 35.6 Å². The lowest BCUT2D eigenvalue weighted by molar-refractivity contribution is -0.136. The summed E-state index contributed by atoms with van der Waals surface area (Å²) in [5, 5.41) is 0. The Hall–Kier alpha value is -1.42. The third-order valence-electron chi connectivity index (χ3n) is 4.57. The summed E-state index contributed by atoms with van der Waals surface area (Å²) < 4.78 is 13.3. The lowest BCUT2D eigenvalue weighted by Gasteiger charge is -2.34. The Labute approximate surface area is 125 Å². The summed E-state index contributed by atoms with van der Waals surface area (Å²) >= 11 is 0. The van der Waals surface area contributed by atoms with Crippen molar-refractivity contribution >= 4 is 5.91 Å². The van der Waals surface area contributed by atoms with E-state index in [1.54, 1.807) is 12.1 Å². The van der Waals surface area contributed by atoms with E-state index in [9.17, 15) is 9.18 Å². The SMILES string of the molecule is O=C([C@H]1CCCN(Cc2cccc(F)c2)C1)N1CCCC1. The summed E-state index contributed by atoms with van der Waals surface area (Å²) in [6, 6.07) is 6.77. The fourth-order valence-electron chi connectivity index (χ4n) is 3.49. The molecule has 0 aromatic heterocycles. The van der Waals surface area contributed by atoms with E-state index in [2.05, 4.69) is 4.90 Å². The summed E-state index contributed by atoms with van der Waals surface area (Å²) in [5.41, 5.74) is 0.990. The molecule has 3 rings (SSSR count). The molecule has 0 radical (unpaired) electrons. The molecule has 2 aliphatic rings. The van der Waals surface area contributed by atoms with Crippen molar-refractivity contribution < 1.29 is 9.18 Å². The second-order valence-corrected chi connectivity index (χ2v) is 6.24. The number of hydrogen-bond acceptors (Lipinski definition) is 2. The molecule has 0 unspecified atom stereocenters. The van der Waals surface area contributed by atoms with Crippen LogP contribution in [0.4, 0.5) is 4.39 Å². The molecule has 0 aliphatic carbocycles. The van der Waals surface area contributed by atoms with Crippen LogP contribution in [0.15, 0.2) is 24.3 Å². The van der Waals surface area contributed by atoms with Crippen molar-refractivity contribution in [1.82, 2.24) is 9.80 Å². The number of carbonyl (C=O) groups excluding carboxylic acids is 1. The highest BCUT2D eigenvalue weighted by molar-refractivity contribution is 5.79. The van der Waals surface area contributed by atoms with Gasteiger partial charge in [-0.3, -0.25) is 9.69 Å².